The van der Waals surface area contributed by atoms with Crippen LogP contribution in [0.3, 0.4) is 0 Å². The Morgan fingerprint density at radius 3 is 2.69 bits per heavy atom. The number of carbonyl (C=O) groups excluding carboxylic acids is 1. The summed E-state index contributed by atoms with van der Waals surface area (Å²) in [5, 5.41) is 10.9. The van der Waals surface area contributed by atoms with Crippen LogP contribution in [0.5, 0.6) is 0 Å². The molecule has 1 saturated heterocycles. The van der Waals surface area contributed by atoms with Crippen molar-refractivity contribution >= 4 is 22.5 Å². The van der Waals surface area contributed by atoms with Crippen molar-refractivity contribution in [1.29, 1.82) is 0 Å². The number of rotatable bonds is 7. The first-order chi connectivity index (χ1) is 17.1. The van der Waals surface area contributed by atoms with E-state index in [1.807, 2.05) is 61.8 Å². The van der Waals surface area contributed by atoms with E-state index in [0.717, 1.165) is 52.8 Å². The van der Waals surface area contributed by atoms with Crippen molar-refractivity contribution < 1.29 is 4.79 Å². The predicted molar refractivity (Wildman–Crippen MR) is 141 cm³/mol. The lowest BCUT2D eigenvalue weighted by molar-refractivity contribution is 0.0964. The van der Waals surface area contributed by atoms with E-state index in [1.165, 1.54) is 18.4 Å². The summed E-state index contributed by atoms with van der Waals surface area (Å²) < 4.78 is 0. The molecule has 176 valence electrons. The molecule has 1 aliphatic heterocycles. The minimum Gasteiger partial charge on any atom is -0.370 e. The van der Waals surface area contributed by atoms with Gasteiger partial charge in [-0.2, -0.15) is 5.10 Å². The first-order valence-electron chi connectivity index (χ1n) is 12.0. The molecule has 0 unspecified atom stereocenters. The van der Waals surface area contributed by atoms with Crippen LogP contribution in [-0.2, 0) is 6.42 Å². The molecule has 4 aromatic rings. The molecule has 0 radical (unpaired) electrons. The summed E-state index contributed by atoms with van der Waals surface area (Å²) in [6, 6.07) is 18.4. The Morgan fingerprint density at radius 2 is 1.89 bits per heavy atom. The number of aromatic nitrogens is 3. The van der Waals surface area contributed by atoms with Gasteiger partial charge >= 0.3 is 0 Å². The van der Waals surface area contributed by atoms with Gasteiger partial charge in [0.15, 0.2) is 5.69 Å². The molecule has 1 fully saturated rings. The molecule has 6 nitrogen and oxygen atoms in total. The Kier molecular flexibility index (Phi) is 6.44. The molecule has 0 spiro atoms. The van der Waals surface area contributed by atoms with E-state index in [-0.39, 0.29) is 5.91 Å². The van der Waals surface area contributed by atoms with Crippen LogP contribution in [-0.4, -0.2) is 34.2 Å². The number of pyridine rings is 1. The number of fused-ring (bicyclic) bond motifs is 1. The van der Waals surface area contributed by atoms with Gasteiger partial charge in [0.25, 0.3) is 5.91 Å². The number of aromatic amines is 1. The monoisotopic (exact) mass is 463 g/mol. The third-order valence-corrected chi connectivity index (χ3v) is 6.33. The van der Waals surface area contributed by atoms with E-state index >= 15 is 0 Å². The molecular formula is C29H29N5O. The standard InChI is InChI=1S/C29H29N5O/c1-20(15-22-8-4-3-5-9-22)14-21(2)31-29(35)28-26-17-23(10-11-27(26)32-33-28)24-16-25(19-30-18-24)34-12-6-7-13-34/h3-5,8-11,14,16-19H,2,6-7,12-13,15H2,1H3,(H,31,35)(H,32,33)/b20-14+. The van der Waals surface area contributed by atoms with Crippen LogP contribution < -0.4 is 10.2 Å². The van der Waals surface area contributed by atoms with E-state index in [2.05, 4.69) is 50.2 Å². The zero-order valence-corrected chi connectivity index (χ0v) is 19.9. The van der Waals surface area contributed by atoms with Gasteiger partial charge in [-0.3, -0.25) is 14.9 Å². The summed E-state index contributed by atoms with van der Waals surface area (Å²) >= 11 is 0. The van der Waals surface area contributed by atoms with Crippen molar-refractivity contribution in [2.24, 2.45) is 0 Å². The second kappa shape index (κ2) is 9.97. The molecule has 1 amide bonds. The first kappa shape index (κ1) is 22.6. The molecule has 2 aromatic heterocycles. The minimum atomic E-state index is -0.286. The number of H-pyrrole nitrogens is 1. The second-order valence-corrected chi connectivity index (χ2v) is 9.09. The van der Waals surface area contributed by atoms with Gasteiger partial charge in [0.05, 0.1) is 17.4 Å². The van der Waals surface area contributed by atoms with Crippen molar-refractivity contribution in [2.45, 2.75) is 26.2 Å². The topological polar surface area (TPSA) is 73.9 Å². The molecule has 1 aliphatic rings. The number of nitrogens with zero attached hydrogens (tertiary/aromatic N) is 3. The molecule has 6 heteroatoms. The van der Waals surface area contributed by atoms with Gasteiger partial charge in [-0.25, -0.2) is 0 Å². The third-order valence-electron chi connectivity index (χ3n) is 6.33. The van der Waals surface area contributed by atoms with Crippen molar-refractivity contribution in [3.05, 3.63) is 102 Å². The Morgan fingerprint density at radius 1 is 1.09 bits per heavy atom. The molecule has 2 aromatic carbocycles. The first-order valence-corrected chi connectivity index (χ1v) is 12.0. The lowest BCUT2D eigenvalue weighted by Gasteiger charge is -2.17. The van der Waals surface area contributed by atoms with Gasteiger partial charge in [0.2, 0.25) is 0 Å². The molecule has 0 saturated carbocycles. The van der Waals surface area contributed by atoms with Gasteiger partial charge in [-0.05, 0) is 61.6 Å². The largest absolute Gasteiger partial charge is 0.370 e. The number of benzene rings is 2. The van der Waals surface area contributed by atoms with Crippen LogP contribution in [0, 0.1) is 0 Å². The van der Waals surface area contributed by atoms with E-state index in [1.54, 1.807) is 0 Å². The maximum Gasteiger partial charge on any atom is 0.276 e. The molecular weight excluding hydrogens is 434 g/mol. The molecule has 0 aliphatic carbocycles. The van der Waals surface area contributed by atoms with E-state index in [0.29, 0.717) is 11.4 Å². The summed E-state index contributed by atoms with van der Waals surface area (Å²) in [5.74, 6) is -0.286. The lowest BCUT2D eigenvalue weighted by Crippen LogP contribution is -2.22. The Balaban J connectivity index is 1.34. The highest BCUT2D eigenvalue weighted by molar-refractivity contribution is 6.06. The Bertz CT molecular complexity index is 1400. The lowest BCUT2D eigenvalue weighted by atomic mass is 10.0. The van der Waals surface area contributed by atoms with Gasteiger partial charge in [0, 0.05) is 35.9 Å². The number of amides is 1. The van der Waals surface area contributed by atoms with Crippen LogP contribution in [0.2, 0.25) is 0 Å². The van der Waals surface area contributed by atoms with Gasteiger partial charge in [-0.1, -0.05) is 48.6 Å². The molecule has 3 heterocycles. The van der Waals surface area contributed by atoms with Crippen molar-refractivity contribution in [3.8, 4) is 11.1 Å². The smallest absolute Gasteiger partial charge is 0.276 e. The number of anilines is 1. The molecule has 0 atom stereocenters. The minimum absolute atomic E-state index is 0.286. The number of nitrogens with one attached hydrogen (secondary N) is 2. The highest BCUT2D eigenvalue weighted by atomic mass is 16.1. The Hall–Kier alpha value is -4.19. The van der Waals surface area contributed by atoms with Crippen LogP contribution in [0.1, 0.15) is 35.8 Å². The third kappa shape index (κ3) is 5.17. The average Bonchev–Trinajstić information content (AvgIpc) is 3.54. The molecule has 5 rings (SSSR count). The summed E-state index contributed by atoms with van der Waals surface area (Å²) in [6.45, 7) is 8.19. The SMILES string of the molecule is C=C(/C=C(\C)Cc1ccccc1)NC(=O)c1n[nH]c2ccc(-c3cncc(N4CCCC4)c3)cc12. The molecule has 2 N–H and O–H groups in total. The maximum absolute atomic E-state index is 13.0. The normalized spacial score (nSPS) is 13.9. The summed E-state index contributed by atoms with van der Waals surface area (Å²) in [4.78, 5) is 19.9. The maximum atomic E-state index is 13.0. The summed E-state index contributed by atoms with van der Waals surface area (Å²) in [7, 11) is 0. The van der Waals surface area contributed by atoms with E-state index < -0.39 is 0 Å². The second-order valence-electron chi connectivity index (χ2n) is 9.09. The fraction of sp³-hybridized carbons (Fsp3) is 0.207. The van der Waals surface area contributed by atoms with E-state index in [4.69, 9.17) is 0 Å². The van der Waals surface area contributed by atoms with Crippen molar-refractivity contribution in [3.63, 3.8) is 0 Å². The quantitative estimate of drug-likeness (QED) is 0.347. The van der Waals surface area contributed by atoms with Crippen molar-refractivity contribution in [1.82, 2.24) is 20.5 Å². The van der Waals surface area contributed by atoms with Crippen LogP contribution >= 0.6 is 0 Å². The highest BCUT2D eigenvalue weighted by Crippen LogP contribution is 2.29. The number of carbonyl (C=O) groups is 1. The van der Waals surface area contributed by atoms with Gasteiger partial charge in [0.1, 0.15) is 0 Å². The average molecular weight is 464 g/mol. The van der Waals surface area contributed by atoms with Crippen LogP contribution in [0.25, 0.3) is 22.0 Å². The van der Waals surface area contributed by atoms with E-state index in [9.17, 15) is 4.79 Å². The van der Waals surface area contributed by atoms with Gasteiger partial charge in [-0.15, -0.1) is 0 Å². The molecule has 35 heavy (non-hydrogen) atoms. The summed E-state index contributed by atoms with van der Waals surface area (Å²) in [5.41, 5.74) is 7.18. The number of allylic oxidation sites excluding steroid dienone is 2. The zero-order chi connectivity index (χ0) is 24.2. The van der Waals surface area contributed by atoms with Crippen LogP contribution in [0.4, 0.5) is 5.69 Å². The zero-order valence-electron chi connectivity index (χ0n) is 19.9. The fourth-order valence-electron chi connectivity index (χ4n) is 4.61. The predicted octanol–water partition coefficient (Wildman–Crippen LogP) is 5.66. The van der Waals surface area contributed by atoms with Crippen LogP contribution in [0.15, 0.2) is 90.9 Å². The number of hydrogen-bond acceptors (Lipinski definition) is 4. The number of hydrogen-bond donors (Lipinski definition) is 2. The fourth-order valence-corrected chi connectivity index (χ4v) is 4.61. The van der Waals surface area contributed by atoms with Crippen molar-refractivity contribution in [2.75, 3.05) is 18.0 Å². The molecule has 0 bridgehead atoms. The highest BCUT2D eigenvalue weighted by Gasteiger charge is 2.17. The summed E-state index contributed by atoms with van der Waals surface area (Å²) in [6.07, 6.45) is 8.92. The Labute approximate surface area is 205 Å². The van der Waals surface area contributed by atoms with Gasteiger partial charge < -0.3 is 10.2 Å².